The van der Waals surface area contributed by atoms with Crippen LogP contribution in [0.5, 0.6) is 5.75 Å². The zero-order valence-electron chi connectivity index (χ0n) is 7.42. The van der Waals surface area contributed by atoms with Crippen molar-refractivity contribution in [3.05, 3.63) is 48.7 Å². The monoisotopic (exact) mass is 203 g/mol. The van der Waals surface area contributed by atoms with Crippen molar-refractivity contribution in [3.8, 4) is 5.75 Å². The third-order valence-electron chi connectivity index (χ3n) is 1.72. The minimum Gasteiger partial charge on any atom is -0.507 e. The molecule has 0 radical (unpaired) electrons. The average molecular weight is 203 g/mol. The highest BCUT2D eigenvalue weighted by Crippen LogP contribution is 2.32. The Bertz CT molecular complexity index is 417. The van der Waals surface area contributed by atoms with E-state index in [0.717, 1.165) is 9.92 Å². The maximum atomic E-state index is 9.52. The number of phenolic OH excluding ortho intramolecular Hbond substituents is 1. The summed E-state index contributed by atoms with van der Waals surface area (Å²) >= 11 is 1.45. The largest absolute Gasteiger partial charge is 0.507 e. The maximum absolute atomic E-state index is 9.52. The molecule has 0 fully saturated rings. The predicted octanol–water partition coefficient (Wildman–Crippen LogP) is 2.94. The molecule has 0 bridgehead atoms. The molecule has 1 N–H and O–H groups in total. The van der Waals surface area contributed by atoms with E-state index in [2.05, 4.69) is 4.98 Å². The average Bonchev–Trinajstić information content (AvgIpc) is 2.23. The third kappa shape index (κ3) is 2.06. The molecule has 0 aliphatic heterocycles. The van der Waals surface area contributed by atoms with Crippen molar-refractivity contribution >= 4 is 11.8 Å². The van der Waals surface area contributed by atoms with E-state index in [1.54, 1.807) is 18.3 Å². The van der Waals surface area contributed by atoms with E-state index in [-0.39, 0.29) is 0 Å². The molecule has 3 heteroatoms. The first kappa shape index (κ1) is 9.09. The molecule has 1 heterocycles. The van der Waals surface area contributed by atoms with Crippen molar-refractivity contribution < 1.29 is 5.11 Å². The normalized spacial score (nSPS) is 10.0. The van der Waals surface area contributed by atoms with Crippen LogP contribution in [-0.4, -0.2) is 10.1 Å². The van der Waals surface area contributed by atoms with Crippen LogP contribution in [0.4, 0.5) is 0 Å². The van der Waals surface area contributed by atoms with Gasteiger partial charge in [-0.2, -0.15) is 0 Å². The number of pyridine rings is 1. The molecule has 0 unspecified atom stereocenters. The number of hydrogen-bond acceptors (Lipinski definition) is 3. The maximum Gasteiger partial charge on any atom is 0.129 e. The van der Waals surface area contributed by atoms with Crippen LogP contribution >= 0.6 is 11.8 Å². The van der Waals surface area contributed by atoms with Crippen LogP contribution in [0.3, 0.4) is 0 Å². The topological polar surface area (TPSA) is 33.1 Å². The standard InChI is InChI=1S/C11H9NOS/c13-9-5-1-2-6-10(9)14-11-7-3-4-8-12-11/h1-8,13H. The molecule has 0 spiro atoms. The second kappa shape index (κ2) is 4.15. The Morgan fingerprint density at radius 3 is 2.50 bits per heavy atom. The Morgan fingerprint density at radius 2 is 1.79 bits per heavy atom. The Kier molecular flexibility index (Phi) is 2.70. The summed E-state index contributed by atoms with van der Waals surface area (Å²) in [6, 6.07) is 12.9. The molecule has 0 saturated heterocycles. The molecule has 0 aliphatic rings. The van der Waals surface area contributed by atoms with Gasteiger partial charge >= 0.3 is 0 Å². The molecular formula is C11H9NOS. The van der Waals surface area contributed by atoms with Gasteiger partial charge in [0, 0.05) is 6.20 Å². The molecule has 2 nitrogen and oxygen atoms in total. The van der Waals surface area contributed by atoms with E-state index in [9.17, 15) is 5.11 Å². The zero-order chi connectivity index (χ0) is 9.80. The first-order chi connectivity index (χ1) is 6.86. The Hall–Kier alpha value is -1.48. The summed E-state index contributed by atoms with van der Waals surface area (Å²) in [5.74, 6) is 0.295. The number of benzene rings is 1. The first-order valence-electron chi connectivity index (χ1n) is 4.23. The van der Waals surface area contributed by atoms with E-state index in [1.807, 2.05) is 30.3 Å². The van der Waals surface area contributed by atoms with Crippen molar-refractivity contribution in [1.82, 2.24) is 4.98 Å². The van der Waals surface area contributed by atoms with Crippen molar-refractivity contribution in [1.29, 1.82) is 0 Å². The highest BCUT2D eigenvalue weighted by Gasteiger charge is 2.01. The zero-order valence-corrected chi connectivity index (χ0v) is 8.24. The summed E-state index contributed by atoms with van der Waals surface area (Å²) in [4.78, 5) is 4.99. The van der Waals surface area contributed by atoms with Gasteiger partial charge in [0.1, 0.15) is 10.8 Å². The molecule has 70 valence electrons. The van der Waals surface area contributed by atoms with E-state index < -0.39 is 0 Å². The molecular weight excluding hydrogens is 194 g/mol. The minimum atomic E-state index is 0.295. The number of rotatable bonds is 2. The van der Waals surface area contributed by atoms with Crippen LogP contribution in [0.1, 0.15) is 0 Å². The van der Waals surface area contributed by atoms with Crippen molar-refractivity contribution in [2.75, 3.05) is 0 Å². The molecule has 1 aromatic carbocycles. The lowest BCUT2D eigenvalue weighted by atomic mass is 10.3. The Morgan fingerprint density at radius 1 is 1.00 bits per heavy atom. The SMILES string of the molecule is Oc1ccccc1Sc1ccccn1. The number of aromatic hydroxyl groups is 1. The highest BCUT2D eigenvalue weighted by molar-refractivity contribution is 7.99. The number of phenols is 1. The first-order valence-corrected chi connectivity index (χ1v) is 5.05. The second-order valence-corrected chi connectivity index (χ2v) is 3.80. The summed E-state index contributed by atoms with van der Waals surface area (Å²) in [6.07, 6.45) is 1.74. The van der Waals surface area contributed by atoms with Gasteiger partial charge in [0.25, 0.3) is 0 Å². The van der Waals surface area contributed by atoms with Crippen molar-refractivity contribution in [3.63, 3.8) is 0 Å². The molecule has 1 aromatic heterocycles. The predicted molar refractivity (Wildman–Crippen MR) is 56.5 cm³/mol. The fraction of sp³-hybridized carbons (Fsp3) is 0. The molecule has 0 amide bonds. The summed E-state index contributed by atoms with van der Waals surface area (Å²) in [7, 11) is 0. The highest BCUT2D eigenvalue weighted by atomic mass is 32.2. The lowest BCUT2D eigenvalue weighted by Crippen LogP contribution is -1.77. The summed E-state index contributed by atoms with van der Waals surface area (Å²) in [5.41, 5.74) is 0. The number of aromatic nitrogens is 1. The van der Waals surface area contributed by atoms with Gasteiger partial charge in [-0.3, -0.25) is 0 Å². The molecule has 0 atom stereocenters. The van der Waals surface area contributed by atoms with Crippen LogP contribution < -0.4 is 0 Å². The molecule has 0 aliphatic carbocycles. The van der Waals surface area contributed by atoms with Gasteiger partial charge in [0.15, 0.2) is 0 Å². The van der Waals surface area contributed by atoms with Crippen LogP contribution in [0.2, 0.25) is 0 Å². The molecule has 2 rings (SSSR count). The van der Waals surface area contributed by atoms with E-state index in [0.29, 0.717) is 5.75 Å². The Labute approximate surface area is 86.6 Å². The smallest absolute Gasteiger partial charge is 0.129 e. The fourth-order valence-electron chi connectivity index (χ4n) is 1.06. The number of para-hydroxylation sites is 1. The Balaban J connectivity index is 2.24. The third-order valence-corrected chi connectivity index (χ3v) is 2.73. The van der Waals surface area contributed by atoms with E-state index >= 15 is 0 Å². The van der Waals surface area contributed by atoms with Crippen LogP contribution in [0.25, 0.3) is 0 Å². The van der Waals surface area contributed by atoms with E-state index in [4.69, 9.17) is 0 Å². The fourth-order valence-corrected chi connectivity index (χ4v) is 1.87. The van der Waals surface area contributed by atoms with Gasteiger partial charge in [-0.15, -0.1) is 0 Å². The minimum absolute atomic E-state index is 0.295. The molecule has 2 aromatic rings. The van der Waals surface area contributed by atoms with Crippen LogP contribution in [0, 0.1) is 0 Å². The second-order valence-electron chi connectivity index (χ2n) is 2.74. The van der Waals surface area contributed by atoms with Gasteiger partial charge in [-0.1, -0.05) is 30.0 Å². The van der Waals surface area contributed by atoms with Gasteiger partial charge in [0.05, 0.1) is 4.90 Å². The van der Waals surface area contributed by atoms with Gasteiger partial charge in [-0.25, -0.2) is 4.98 Å². The quantitative estimate of drug-likeness (QED) is 0.814. The van der Waals surface area contributed by atoms with Gasteiger partial charge in [0.2, 0.25) is 0 Å². The summed E-state index contributed by atoms with van der Waals surface area (Å²) in [6.45, 7) is 0. The van der Waals surface area contributed by atoms with Gasteiger partial charge in [-0.05, 0) is 24.3 Å². The van der Waals surface area contributed by atoms with Crippen LogP contribution in [0.15, 0.2) is 58.6 Å². The van der Waals surface area contributed by atoms with E-state index in [1.165, 1.54) is 11.8 Å². The number of nitrogens with zero attached hydrogens (tertiary/aromatic N) is 1. The lowest BCUT2D eigenvalue weighted by molar-refractivity contribution is 0.462. The van der Waals surface area contributed by atoms with Crippen molar-refractivity contribution in [2.24, 2.45) is 0 Å². The number of hydrogen-bond donors (Lipinski definition) is 1. The lowest BCUT2D eigenvalue weighted by Gasteiger charge is -2.01. The molecule has 14 heavy (non-hydrogen) atoms. The summed E-state index contributed by atoms with van der Waals surface area (Å²) in [5, 5.41) is 10.4. The van der Waals surface area contributed by atoms with Crippen molar-refractivity contribution in [2.45, 2.75) is 9.92 Å². The van der Waals surface area contributed by atoms with Crippen LogP contribution in [-0.2, 0) is 0 Å². The summed E-state index contributed by atoms with van der Waals surface area (Å²) < 4.78 is 0. The van der Waals surface area contributed by atoms with Gasteiger partial charge < -0.3 is 5.11 Å². The molecule has 0 saturated carbocycles.